The number of rotatable bonds is 6. The molecular weight excluding hydrogens is 399 g/mol. The van der Waals surface area contributed by atoms with Gasteiger partial charge in [-0.2, -0.15) is 0 Å². The molecule has 1 aliphatic heterocycles. The normalized spacial score (nSPS) is 15.7. The highest BCUT2D eigenvalue weighted by Gasteiger charge is 2.25. The number of hydrogen-bond donors (Lipinski definition) is 1. The predicted octanol–water partition coefficient (Wildman–Crippen LogP) is 4.16. The quantitative estimate of drug-likeness (QED) is 0.762. The number of benzene rings is 2. The zero-order valence-electron chi connectivity index (χ0n) is 14.7. The van der Waals surface area contributed by atoms with Gasteiger partial charge in [0.2, 0.25) is 0 Å². The van der Waals surface area contributed by atoms with Crippen molar-refractivity contribution in [1.29, 1.82) is 0 Å². The van der Waals surface area contributed by atoms with E-state index in [2.05, 4.69) is 26.1 Å². The number of hydrogen-bond acceptors (Lipinski definition) is 3. The van der Waals surface area contributed by atoms with Crippen LogP contribution in [0.1, 0.15) is 34.8 Å². The van der Waals surface area contributed by atoms with Gasteiger partial charge in [0.05, 0.1) is 18.7 Å². The van der Waals surface area contributed by atoms with Crippen molar-refractivity contribution in [2.75, 3.05) is 26.7 Å². The molecule has 138 valence electrons. The maximum absolute atomic E-state index is 14.0. The third-order valence-corrected chi connectivity index (χ3v) is 5.18. The molecule has 0 spiro atoms. The Morgan fingerprint density at radius 3 is 2.77 bits per heavy atom. The summed E-state index contributed by atoms with van der Waals surface area (Å²) in [5, 5.41) is 2.90. The van der Waals surface area contributed by atoms with Crippen LogP contribution >= 0.6 is 15.9 Å². The highest BCUT2D eigenvalue weighted by molar-refractivity contribution is 9.10. The SMILES string of the molecule is COc1cccc(C(CNC(=O)c2cc(Br)ccc2F)N2CCCC2)c1. The van der Waals surface area contributed by atoms with E-state index in [4.69, 9.17) is 4.74 Å². The minimum Gasteiger partial charge on any atom is -0.497 e. The highest BCUT2D eigenvalue weighted by Crippen LogP contribution is 2.27. The van der Waals surface area contributed by atoms with Crippen LogP contribution in [0.2, 0.25) is 0 Å². The van der Waals surface area contributed by atoms with E-state index in [1.165, 1.54) is 12.1 Å². The van der Waals surface area contributed by atoms with E-state index in [1.807, 2.05) is 24.3 Å². The monoisotopic (exact) mass is 420 g/mol. The average molecular weight is 421 g/mol. The van der Waals surface area contributed by atoms with Gasteiger partial charge in [-0.1, -0.05) is 28.1 Å². The number of carbonyl (C=O) groups is 1. The zero-order chi connectivity index (χ0) is 18.5. The molecule has 26 heavy (non-hydrogen) atoms. The summed E-state index contributed by atoms with van der Waals surface area (Å²) in [6.45, 7) is 2.39. The summed E-state index contributed by atoms with van der Waals surface area (Å²) in [6.07, 6.45) is 2.29. The molecule has 6 heteroatoms. The van der Waals surface area contributed by atoms with Crippen molar-refractivity contribution >= 4 is 21.8 Å². The maximum atomic E-state index is 14.0. The van der Waals surface area contributed by atoms with Crippen molar-refractivity contribution in [3.63, 3.8) is 0 Å². The first kappa shape index (κ1) is 18.9. The number of amides is 1. The first-order valence-corrected chi connectivity index (χ1v) is 9.49. The van der Waals surface area contributed by atoms with Gasteiger partial charge < -0.3 is 10.1 Å². The Morgan fingerprint density at radius 2 is 2.04 bits per heavy atom. The number of carbonyl (C=O) groups excluding carboxylic acids is 1. The van der Waals surface area contributed by atoms with E-state index in [1.54, 1.807) is 13.2 Å². The van der Waals surface area contributed by atoms with Crippen LogP contribution in [-0.4, -0.2) is 37.6 Å². The number of nitrogens with zero attached hydrogens (tertiary/aromatic N) is 1. The lowest BCUT2D eigenvalue weighted by molar-refractivity contribution is 0.0934. The van der Waals surface area contributed by atoms with Crippen LogP contribution < -0.4 is 10.1 Å². The van der Waals surface area contributed by atoms with Gasteiger partial charge in [-0.15, -0.1) is 0 Å². The minimum absolute atomic E-state index is 0.0340. The Hall–Kier alpha value is -1.92. The van der Waals surface area contributed by atoms with Crippen molar-refractivity contribution in [2.24, 2.45) is 0 Å². The van der Waals surface area contributed by atoms with Crippen LogP contribution in [0.5, 0.6) is 5.75 Å². The van der Waals surface area contributed by atoms with Crippen molar-refractivity contribution in [1.82, 2.24) is 10.2 Å². The Kier molecular flexibility index (Phi) is 6.27. The standard InChI is InChI=1S/C20H22BrFN2O2/c1-26-16-6-4-5-14(11-16)19(24-9-2-3-10-24)13-23-20(25)17-12-15(21)7-8-18(17)22/h4-8,11-12,19H,2-3,9-10,13H2,1H3,(H,23,25). The van der Waals surface area contributed by atoms with Crippen LogP contribution in [0, 0.1) is 5.82 Å². The lowest BCUT2D eigenvalue weighted by Gasteiger charge is -2.28. The molecule has 1 N–H and O–H groups in total. The molecule has 3 rings (SSSR count). The van der Waals surface area contributed by atoms with E-state index in [0.29, 0.717) is 11.0 Å². The zero-order valence-corrected chi connectivity index (χ0v) is 16.3. The van der Waals surface area contributed by atoms with Gasteiger partial charge in [0.15, 0.2) is 0 Å². The number of halogens is 2. The summed E-state index contributed by atoms with van der Waals surface area (Å²) in [7, 11) is 1.64. The number of likely N-dealkylation sites (tertiary alicyclic amines) is 1. The Morgan fingerprint density at radius 1 is 1.27 bits per heavy atom. The van der Waals surface area contributed by atoms with Crippen molar-refractivity contribution in [3.8, 4) is 5.75 Å². The highest BCUT2D eigenvalue weighted by atomic mass is 79.9. The van der Waals surface area contributed by atoms with Gasteiger partial charge in [0.1, 0.15) is 11.6 Å². The molecule has 1 heterocycles. The maximum Gasteiger partial charge on any atom is 0.254 e. The summed E-state index contributed by atoms with van der Waals surface area (Å²) in [5.41, 5.74) is 1.13. The first-order valence-electron chi connectivity index (χ1n) is 8.69. The van der Waals surface area contributed by atoms with Crippen molar-refractivity contribution in [3.05, 3.63) is 63.9 Å². The molecule has 0 aliphatic carbocycles. The molecule has 1 amide bonds. The van der Waals surface area contributed by atoms with Gasteiger partial charge in [-0.05, 0) is 61.8 Å². The van der Waals surface area contributed by atoms with Crippen molar-refractivity contribution < 1.29 is 13.9 Å². The summed E-state index contributed by atoms with van der Waals surface area (Å²) < 4.78 is 20.0. The Bertz CT molecular complexity index is 778. The molecule has 1 saturated heterocycles. The molecule has 0 radical (unpaired) electrons. The molecule has 2 aromatic carbocycles. The molecule has 0 bridgehead atoms. The fourth-order valence-electron chi connectivity index (χ4n) is 3.32. The molecule has 1 fully saturated rings. The second-order valence-corrected chi connectivity index (χ2v) is 7.29. The van der Waals surface area contributed by atoms with E-state index in [0.717, 1.165) is 37.2 Å². The fraction of sp³-hybridized carbons (Fsp3) is 0.350. The molecular formula is C20H22BrFN2O2. The molecule has 0 saturated carbocycles. The third kappa shape index (κ3) is 4.43. The van der Waals surface area contributed by atoms with Crippen LogP contribution in [0.3, 0.4) is 0 Å². The lowest BCUT2D eigenvalue weighted by Crippen LogP contribution is -2.37. The molecule has 4 nitrogen and oxygen atoms in total. The molecule has 1 aliphatic rings. The molecule has 1 unspecified atom stereocenters. The van der Waals surface area contributed by atoms with Gasteiger partial charge in [0, 0.05) is 11.0 Å². The van der Waals surface area contributed by atoms with Crippen LogP contribution in [0.4, 0.5) is 4.39 Å². The molecule has 2 aromatic rings. The van der Waals surface area contributed by atoms with Crippen molar-refractivity contribution in [2.45, 2.75) is 18.9 Å². The van der Waals surface area contributed by atoms with Crippen LogP contribution in [0.15, 0.2) is 46.9 Å². The third-order valence-electron chi connectivity index (χ3n) is 4.69. The number of ether oxygens (including phenoxy) is 1. The van der Waals surface area contributed by atoms with Gasteiger partial charge >= 0.3 is 0 Å². The van der Waals surface area contributed by atoms with E-state index in [9.17, 15) is 9.18 Å². The van der Waals surface area contributed by atoms with E-state index in [-0.39, 0.29) is 11.6 Å². The average Bonchev–Trinajstić information content (AvgIpc) is 3.18. The van der Waals surface area contributed by atoms with E-state index >= 15 is 0 Å². The van der Waals surface area contributed by atoms with Crippen LogP contribution in [0.25, 0.3) is 0 Å². The molecule has 0 aromatic heterocycles. The second kappa shape index (κ2) is 8.64. The number of methoxy groups -OCH3 is 1. The minimum atomic E-state index is -0.523. The van der Waals surface area contributed by atoms with Gasteiger partial charge in [0.25, 0.3) is 5.91 Å². The fourth-order valence-corrected chi connectivity index (χ4v) is 3.68. The Labute approximate surface area is 161 Å². The largest absolute Gasteiger partial charge is 0.497 e. The second-order valence-electron chi connectivity index (χ2n) is 6.37. The Balaban J connectivity index is 1.77. The topological polar surface area (TPSA) is 41.6 Å². The summed E-state index contributed by atoms with van der Waals surface area (Å²) >= 11 is 3.28. The van der Waals surface area contributed by atoms with Gasteiger partial charge in [-0.3, -0.25) is 9.69 Å². The number of nitrogens with one attached hydrogen (secondary N) is 1. The first-order chi connectivity index (χ1) is 12.6. The summed E-state index contributed by atoms with van der Waals surface area (Å²) in [5.74, 6) is -0.142. The predicted molar refractivity (Wildman–Crippen MR) is 103 cm³/mol. The smallest absolute Gasteiger partial charge is 0.254 e. The summed E-state index contributed by atoms with van der Waals surface area (Å²) in [4.78, 5) is 14.8. The lowest BCUT2D eigenvalue weighted by atomic mass is 10.0. The van der Waals surface area contributed by atoms with Gasteiger partial charge in [-0.25, -0.2) is 4.39 Å². The molecule has 1 atom stereocenters. The van der Waals surface area contributed by atoms with E-state index < -0.39 is 11.7 Å². The van der Waals surface area contributed by atoms with Crippen LogP contribution in [-0.2, 0) is 0 Å². The summed E-state index contributed by atoms with van der Waals surface area (Å²) in [6, 6.07) is 12.3.